The SMILES string of the molecule is CCN(CCN1CCN(CCN(C(C)C)C(C)C)CC1)CCN(C(C)C)C(C)C. The van der Waals surface area contributed by atoms with Crippen LogP contribution in [0.2, 0.25) is 0 Å². The third-order valence-corrected chi connectivity index (χ3v) is 6.65. The van der Waals surface area contributed by atoms with Gasteiger partial charge in [-0.25, -0.2) is 0 Å². The lowest BCUT2D eigenvalue weighted by molar-refractivity contribution is 0.0910. The fourth-order valence-corrected chi connectivity index (χ4v) is 4.69. The standard InChI is InChI=1S/C24H53N5/c1-10-25(17-19-28(21(2)3)22(4)5)11-12-26-13-15-27(16-14-26)18-20-29(23(6)7)24(8)9/h21-24H,10-20H2,1-9H3. The fourth-order valence-electron chi connectivity index (χ4n) is 4.69. The van der Waals surface area contributed by atoms with Gasteiger partial charge in [0, 0.05) is 89.6 Å². The number of rotatable bonds is 14. The number of likely N-dealkylation sites (N-methyl/N-ethyl adjacent to an activating group) is 1. The number of hydrogen-bond acceptors (Lipinski definition) is 5. The van der Waals surface area contributed by atoms with Gasteiger partial charge < -0.3 is 4.90 Å². The Bertz CT molecular complexity index is 386. The molecule has 0 aromatic rings. The van der Waals surface area contributed by atoms with E-state index in [1.807, 2.05) is 0 Å². The van der Waals surface area contributed by atoms with E-state index in [0.717, 1.165) is 6.54 Å². The van der Waals surface area contributed by atoms with Gasteiger partial charge in [0.25, 0.3) is 0 Å². The number of piperazine rings is 1. The summed E-state index contributed by atoms with van der Waals surface area (Å²) in [5.41, 5.74) is 0. The summed E-state index contributed by atoms with van der Waals surface area (Å²) >= 11 is 0. The molecule has 0 aromatic carbocycles. The minimum atomic E-state index is 0.629. The Morgan fingerprint density at radius 1 is 0.552 bits per heavy atom. The molecule has 0 saturated carbocycles. The smallest absolute Gasteiger partial charge is 0.0115 e. The molecule has 174 valence electrons. The van der Waals surface area contributed by atoms with Crippen LogP contribution in [0.5, 0.6) is 0 Å². The molecular formula is C24H53N5. The van der Waals surface area contributed by atoms with E-state index in [4.69, 9.17) is 0 Å². The lowest BCUT2D eigenvalue weighted by Crippen LogP contribution is -2.51. The molecule has 1 aliphatic rings. The third kappa shape index (κ3) is 10.1. The second kappa shape index (κ2) is 14.0. The van der Waals surface area contributed by atoms with E-state index in [0.29, 0.717) is 24.2 Å². The van der Waals surface area contributed by atoms with Crippen LogP contribution in [0.25, 0.3) is 0 Å². The van der Waals surface area contributed by atoms with Crippen molar-refractivity contribution in [3.05, 3.63) is 0 Å². The van der Waals surface area contributed by atoms with Crippen LogP contribution in [0.15, 0.2) is 0 Å². The highest BCUT2D eigenvalue weighted by atomic mass is 15.3. The van der Waals surface area contributed by atoms with Crippen LogP contribution in [0.4, 0.5) is 0 Å². The normalized spacial score (nSPS) is 17.4. The van der Waals surface area contributed by atoms with Gasteiger partial charge in [0.15, 0.2) is 0 Å². The van der Waals surface area contributed by atoms with E-state index in [9.17, 15) is 0 Å². The second-order valence-electron chi connectivity index (χ2n) is 9.97. The Hall–Kier alpha value is -0.200. The maximum atomic E-state index is 2.67. The summed E-state index contributed by atoms with van der Waals surface area (Å²) < 4.78 is 0. The Balaban J connectivity index is 2.29. The van der Waals surface area contributed by atoms with Crippen LogP contribution in [0, 0.1) is 0 Å². The molecule has 0 aliphatic carbocycles. The Morgan fingerprint density at radius 2 is 0.931 bits per heavy atom. The van der Waals surface area contributed by atoms with Gasteiger partial charge in [-0.2, -0.15) is 0 Å². The number of nitrogens with zero attached hydrogens (tertiary/aromatic N) is 5. The third-order valence-electron chi connectivity index (χ3n) is 6.65. The van der Waals surface area contributed by atoms with Gasteiger partial charge in [0.2, 0.25) is 0 Å². The molecule has 5 heteroatoms. The Kier molecular flexibility index (Phi) is 12.9. The molecular weight excluding hydrogens is 358 g/mol. The first kappa shape index (κ1) is 26.8. The summed E-state index contributed by atoms with van der Waals surface area (Å²) in [6, 6.07) is 2.53. The van der Waals surface area contributed by atoms with Crippen molar-refractivity contribution in [1.82, 2.24) is 24.5 Å². The van der Waals surface area contributed by atoms with Gasteiger partial charge in [-0.05, 0) is 61.9 Å². The van der Waals surface area contributed by atoms with E-state index in [2.05, 4.69) is 86.8 Å². The van der Waals surface area contributed by atoms with Crippen LogP contribution in [-0.2, 0) is 0 Å². The summed E-state index contributed by atoms with van der Waals surface area (Å²) in [7, 11) is 0. The molecule has 0 N–H and O–H groups in total. The first-order valence-corrected chi connectivity index (χ1v) is 12.3. The van der Waals surface area contributed by atoms with Crippen molar-refractivity contribution < 1.29 is 0 Å². The van der Waals surface area contributed by atoms with Gasteiger partial charge in [0.05, 0.1) is 0 Å². The lowest BCUT2D eigenvalue weighted by Gasteiger charge is -2.38. The molecule has 0 radical (unpaired) electrons. The first-order chi connectivity index (χ1) is 13.6. The highest BCUT2D eigenvalue weighted by Gasteiger charge is 2.20. The highest BCUT2D eigenvalue weighted by Crippen LogP contribution is 2.08. The molecule has 0 amide bonds. The average Bonchev–Trinajstić information content (AvgIpc) is 2.64. The van der Waals surface area contributed by atoms with Crippen LogP contribution < -0.4 is 0 Å². The summed E-state index contributed by atoms with van der Waals surface area (Å²) in [5.74, 6) is 0. The van der Waals surface area contributed by atoms with Crippen molar-refractivity contribution in [1.29, 1.82) is 0 Å². The molecule has 5 nitrogen and oxygen atoms in total. The minimum Gasteiger partial charge on any atom is -0.301 e. The lowest BCUT2D eigenvalue weighted by atomic mass is 10.2. The topological polar surface area (TPSA) is 16.2 Å². The fraction of sp³-hybridized carbons (Fsp3) is 1.00. The van der Waals surface area contributed by atoms with Crippen molar-refractivity contribution in [2.45, 2.75) is 86.5 Å². The summed E-state index contributed by atoms with van der Waals surface area (Å²) in [4.78, 5) is 13.2. The van der Waals surface area contributed by atoms with Gasteiger partial charge in [-0.3, -0.25) is 19.6 Å². The summed E-state index contributed by atoms with van der Waals surface area (Å²) in [6.45, 7) is 34.1. The minimum absolute atomic E-state index is 0.629. The predicted octanol–water partition coefficient (Wildman–Crippen LogP) is 3.16. The van der Waals surface area contributed by atoms with Crippen molar-refractivity contribution >= 4 is 0 Å². The van der Waals surface area contributed by atoms with Crippen molar-refractivity contribution in [2.24, 2.45) is 0 Å². The summed E-state index contributed by atoms with van der Waals surface area (Å²) in [5, 5.41) is 0. The van der Waals surface area contributed by atoms with Crippen molar-refractivity contribution in [2.75, 3.05) is 72.0 Å². The van der Waals surface area contributed by atoms with Gasteiger partial charge in [-0.1, -0.05) is 6.92 Å². The largest absolute Gasteiger partial charge is 0.301 e. The molecule has 29 heavy (non-hydrogen) atoms. The van der Waals surface area contributed by atoms with Crippen molar-refractivity contribution in [3.8, 4) is 0 Å². The van der Waals surface area contributed by atoms with E-state index < -0.39 is 0 Å². The van der Waals surface area contributed by atoms with E-state index >= 15 is 0 Å². The molecule has 0 spiro atoms. The van der Waals surface area contributed by atoms with E-state index in [1.165, 1.54) is 65.4 Å². The summed E-state index contributed by atoms with van der Waals surface area (Å²) in [6.07, 6.45) is 0. The molecule has 0 bridgehead atoms. The van der Waals surface area contributed by atoms with Crippen LogP contribution in [0.3, 0.4) is 0 Å². The van der Waals surface area contributed by atoms with Gasteiger partial charge in [-0.15, -0.1) is 0 Å². The first-order valence-electron chi connectivity index (χ1n) is 12.3. The molecule has 0 unspecified atom stereocenters. The van der Waals surface area contributed by atoms with E-state index in [-0.39, 0.29) is 0 Å². The number of hydrogen-bond donors (Lipinski definition) is 0. The zero-order valence-corrected chi connectivity index (χ0v) is 21.3. The molecule has 1 heterocycles. The average molecular weight is 412 g/mol. The molecule has 1 fully saturated rings. The second-order valence-corrected chi connectivity index (χ2v) is 9.97. The maximum absolute atomic E-state index is 2.67. The van der Waals surface area contributed by atoms with E-state index in [1.54, 1.807) is 0 Å². The Morgan fingerprint density at radius 3 is 1.31 bits per heavy atom. The zero-order valence-electron chi connectivity index (χ0n) is 21.3. The van der Waals surface area contributed by atoms with Crippen LogP contribution >= 0.6 is 0 Å². The van der Waals surface area contributed by atoms with Crippen LogP contribution in [-0.4, -0.2) is 121 Å². The maximum Gasteiger partial charge on any atom is 0.0115 e. The van der Waals surface area contributed by atoms with Gasteiger partial charge in [0.1, 0.15) is 0 Å². The van der Waals surface area contributed by atoms with Crippen molar-refractivity contribution in [3.63, 3.8) is 0 Å². The molecule has 0 aromatic heterocycles. The molecule has 1 saturated heterocycles. The quantitative estimate of drug-likeness (QED) is 0.435. The zero-order chi connectivity index (χ0) is 22.0. The van der Waals surface area contributed by atoms with Crippen LogP contribution in [0.1, 0.15) is 62.3 Å². The predicted molar refractivity (Wildman–Crippen MR) is 129 cm³/mol. The Labute approximate surface area is 183 Å². The van der Waals surface area contributed by atoms with Gasteiger partial charge >= 0.3 is 0 Å². The monoisotopic (exact) mass is 411 g/mol. The molecule has 1 aliphatic heterocycles. The molecule has 1 rings (SSSR count). The molecule has 0 atom stereocenters. The highest BCUT2D eigenvalue weighted by molar-refractivity contribution is 4.76.